The highest BCUT2D eigenvalue weighted by Crippen LogP contribution is 2.48. The van der Waals surface area contributed by atoms with E-state index in [0.29, 0.717) is 27.3 Å². The first-order chi connectivity index (χ1) is 17.4. The second-order valence-electron chi connectivity index (χ2n) is 9.13. The Morgan fingerprint density at radius 1 is 0.972 bits per heavy atom. The Hall–Kier alpha value is -3.75. The summed E-state index contributed by atoms with van der Waals surface area (Å²) >= 11 is 6.25. The summed E-state index contributed by atoms with van der Waals surface area (Å²) in [6.45, 7) is 3.78. The number of ether oxygens (including phenoxy) is 3. The Bertz CT molecular complexity index is 1390. The van der Waals surface area contributed by atoms with Crippen LogP contribution < -0.4 is 0 Å². The molecular weight excluding hydrogens is 482 g/mol. The highest BCUT2D eigenvalue weighted by Gasteiger charge is 2.54. The van der Waals surface area contributed by atoms with E-state index in [1.165, 1.54) is 6.33 Å². The van der Waals surface area contributed by atoms with Gasteiger partial charge in [-0.05, 0) is 30.3 Å². The number of hydrogen-bond donors (Lipinski definition) is 0. The standard InChI is InChI=1S/C27H24ClN3O5/c1-27(2)21(36-25(33)18-11-7-4-8-12-18)20(15-34-24(32)17-9-5-3-6-10-17)35-26(27)31-14-13-19-22(28)29-16-30-23(19)31/h3-14,16,20-21,26H,15H2,1-2H3. The number of halogens is 1. The predicted octanol–water partition coefficient (Wildman–Crippen LogP) is 5.09. The van der Waals surface area contributed by atoms with Crippen LogP contribution in [0.5, 0.6) is 0 Å². The number of esters is 2. The smallest absolute Gasteiger partial charge is 0.338 e. The van der Waals surface area contributed by atoms with Crippen LogP contribution in [-0.4, -0.2) is 45.3 Å². The van der Waals surface area contributed by atoms with Crippen molar-refractivity contribution in [2.45, 2.75) is 32.3 Å². The maximum atomic E-state index is 13.0. The molecule has 0 N–H and O–H groups in total. The molecule has 5 rings (SSSR count). The zero-order valence-electron chi connectivity index (χ0n) is 19.7. The fraction of sp³-hybridized carbons (Fsp3) is 0.259. The van der Waals surface area contributed by atoms with Crippen LogP contribution in [0.3, 0.4) is 0 Å². The molecule has 184 valence electrons. The lowest BCUT2D eigenvalue weighted by atomic mass is 9.84. The number of rotatable bonds is 6. The van der Waals surface area contributed by atoms with Gasteiger partial charge in [0.15, 0.2) is 0 Å². The molecular formula is C27H24ClN3O5. The Kier molecular flexibility index (Phi) is 6.47. The van der Waals surface area contributed by atoms with Crippen molar-refractivity contribution in [1.29, 1.82) is 0 Å². The second kappa shape index (κ2) is 9.72. The predicted molar refractivity (Wildman–Crippen MR) is 133 cm³/mol. The van der Waals surface area contributed by atoms with Gasteiger partial charge in [-0.3, -0.25) is 0 Å². The summed E-state index contributed by atoms with van der Waals surface area (Å²) in [4.78, 5) is 34.0. The largest absolute Gasteiger partial charge is 0.459 e. The van der Waals surface area contributed by atoms with Crippen molar-refractivity contribution >= 4 is 34.6 Å². The van der Waals surface area contributed by atoms with Gasteiger partial charge in [0.2, 0.25) is 0 Å². The summed E-state index contributed by atoms with van der Waals surface area (Å²) in [6, 6.07) is 19.2. The summed E-state index contributed by atoms with van der Waals surface area (Å²) < 4.78 is 19.8. The van der Waals surface area contributed by atoms with Crippen LogP contribution in [0.1, 0.15) is 40.8 Å². The van der Waals surface area contributed by atoms with Gasteiger partial charge in [0.1, 0.15) is 42.2 Å². The van der Waals surface area contributed by atoms with Gasteiger partial charge in [-0.2, -0.15) is 0 Å². The van der Waals surface area contributed by atoms with Gasteiger partial charge in [0.05, 0.1) is 16.5 Å². The molecule has 3 atom stereocenters. The number of aromatic nitrogens is 3. The SMILES string of the molecule is CC1(C)C(OC(=O)c2ccccc2)C(COC(=O)c2ccccc2)OC1n1ccc2c(Cl)ncnc21. The Morgan fingerprint density at radius 3 is 2.28 bits per heavy atom. The van der Waals surface area contributed by atoms with Crippen molar-refractivity contribution in [2.75, 3.05) is 6.61 Å². The van der Waals surface area contributed by atoms with Gasteiger partial charge in [0, 0.05) is 11.6 Å². The lowest BCUT2D eigenvalue weighted by molar-refractivity contribution is -0.0578. The molecule has 1 fully saturated rings. The average Bonchev–Trinajstić information content (AvgIpc) is 3.42. The van der Waals surface area contributed by atoms with Crippen molar-refractivity contribution in [3.05, 3.63) is 95.5 Å². The molecule has 8 nitrogen and oxygen atoms in total. The Labute approximate surface area is 212 Å². The van der Waals surface area contributed by atoms with E-state index >= 15 is 0 Å². The van der Waals surface area contributed by atoms with Gasteiger partial charge in [-0.1, -0.05) is 61.8 Å². The quantitative estimate of drug-likeness (QED) is 0.266. The van der Waals surface area contributed by atoms with Gasteiger partial charge in [-0.25, -0.2) is 19.6 Å². The first-order valence-electron chi connectivity index (χ1n) is 11.5. The van der Waals surface area contributed by atoms with Crippen molar-refractivity contribution < 1.29 is 23.8 Å². The molecule has 0 spiro atoms. The monoisotopic (exact) mass is 505 g/mol. The zero-order valence-corrected chi connectivity index (χ0v) is 20.5. The molecule has 1 saturated heterocycles. The van der Waals surface area contributed by atoms with Gasteiger partial charge < -0.3 is 18.8 Å². The Balaban J connectivity index is 1.45. The van der Waals surface area contributed by atoms with E-state index < -0.39 is 35.8 Å². The molecule has 9 heteroatoms. The number of nitrogens with zero attached hydrogens (tertiary/aromatic N) is 3. The van der Waals surface area contributed by atoms with Crippen LogP contribution >= 0.6 is 11.6 Å². The number of fused-ring (bicyclic) bond motifs is 1. The summed E-state index contributed by atoms with van der Waals surface area (Å²) in [5, 5.41) is 1.00. The van der Waals surface area contributed by atoms with E-state index in [4.69, 9.17) is 25.8 Å². The summed E-state index contributed by atoms with van der Waals surface area (Å²) in [5.74, 6) is -0.973. The number of benzene rings is 2. The molecule has 3 unspecified atom stereocenters. The minimum absolute atomic E-state index is 0.102. The molecule has 0 bridgehead atoms. The van der Waals surface area contributed by atoms with E-state index in [0.717, 1.165) is 0 Å². The fourth-order valence-corrected chi connectivity index (χ4v) is 4.70. The molecule has 0 saturated carbocycles. The molecule has 3 heterocycles. The minimum Gasteiger partial charge on any atom is -0.459 e. The maximum absolute atomic E-state index is 13.0. The average molecular weight is 506 g/mol. The fourth-order valence-electron chi connectivity index (χ4n) is 4.51. The van der Waals surface area contributed by atoms with E-state index in [9.17, 15) is 9.59 Å². The molecule has 1 aliphatic heterocycles. The van der Waals surface area contributed by atoms with Crippen LogP contribution in [-0.2, 0) is 14.2 Å². The highest BCUT2D eigenvalue weighted by atomic mass is 35.5. The zero-order chi connectivity index (χ0) is 25.3. The van der Waals surface area contributed by atoms with Crippen LogP contribution in [0.4, 0.5) is 0 Å². The van der Waals surface area contributed by atoms with E-state index in [-0.39, 0.29) is 6.61 Å². The van der Waals surface area contributed by atoms with E-state index in [1.54, 1.807) is 48.5 Å². The Morgan fingerprint density at radius 2 is 1.61 bits per heavy atom. The van der Waals surface area contributed by atoms with E-state index in [1.807, 2.05) is 42.8 Å². The van der Waals surface area contributed by atoms with Crippen molar-refractivity contribution in [3.63, 3.8) is 0 Å². The van der Waals surface area contributed by atoms with Gasteiger partial charge >= 0.3 is 11.9 Å². The molecule has 2 aromatic carbocycles. The van der Waals surface area contributed by atoms with Crippen LogP contribution in [0.15, 0.2) is 79.3 Å². The normalized spacial score (nSPS) is 20.8. The lowest BCUT2D eigenvalue weighted by Gasteiger charge is -2.31. The number of hydrogen-bond acceptors (Lipinski definition) is 7. The third-order valence-electron chi connectivity index (χ3n) is 6.36. The number of carbonyl (C=O) groups is 2. The molecule has 36 heavy (non-hydrogen) atoms. The number of carbonyl (C=O) groups excluding carboxylic acids is 2. The maximum Gasteiger partial charge on any atom is 0.338 e. The van der Waals surface area contributed by atoms with E-state index in [2.05, 4.69) is 9.97 Å². The first kappa shape index (κ1) is 24.0. The topological polar surface area (TPSA) is 92.5 Å². The third-order valence-corrected chi connectivity index (χ3v) is 6.66. The van der Waals surface area contributed by atoms with Crippen molar-refractivity contribution in [2.24, 2.45) is 5.41 Å². The van der Waals surface area contributed by atoms with Gasteiger partial charge in [0.25, 0.3) is 0 Å². The minimum atomic E-state index is -0.728. The summed E-state index contributed by atoms with van der Waals surface area (Å²) in [5.41, 5.74) is 0.704. The highest BCUT2D eigenvalue weighted by molar-refractivity contribution is 6.33. The van der Waals surface area contributed by atoms with Crippen LogP contribution in [0.2, 0.25) is 5.15 Å². The van der Waals surface area contributed by atoms with Crippen molar-refractivity contribution in [3.8, 4) is 0 Å². The first-order valence-corrected chi connectivity index (χ1v) is 11.8. The second-order valence-corrected chi connectivity index (χ2v) is 9.49. The van der Waals surface area contributed by atoms with Crippen LogP contribution in [0.25, 0.3) is 11.0 Å². The molecule has 1 aliphatic rings. The van der Waals surface area contributed by atoms with Crippen LogP contribution in [0, 0.1) is 5.41 Å². The molecule has 4 aromatic rings. The summed E-state index contributed by atoms with van der Waals surface area (Å²) in [7, 11) is 0. The molecule has 0 amide bonds. The lowest BCUT2D eigenvalue weighted by Crippen LogP contribution is -2.40. The molecule has 2 aromatic heterocycles. The third kappa shape index (κ3) is 4.45. The van der Waals surface area contributed by atoms with Crippen molar-refractivity contribution in [1.82, 2.24) is 14.5 Å². The molecule has 0 aliphatic carbocycles. The van der Waals surface area contributed by atoms with Gasteiger partial charge in [-0.15, -0.1) is 0 Å². The summed E-state index contributed by atoms with van der Waals surface area (Å²) in [6.07, 6.45) is 1.16. The molecule has 0 radical (unpaired) electrons.